The predicted molar refractivity (Wildman–Crippen MR) is 104 cm³/mol. The number of H-pyrrole nitrogens is 1. The molecule has 3 nitrogen and oxygen atoms in total. The van der Waals surface area contributed by atoms with Gasteiger partial charge in [0.2, 0.25) is 0 Å². The van der Waals surface area contributed by atoms with E-state index in [0.29, 0.717) is 6.04 Å². The van der Waals surface area contributed by atoms with Crippen molar-refractivity contribution in [2.45, 2.75) is 52.1 Å². The molecule has 3 aromatic rings. The average Bonchev–Trinajstić information content (AvgIpc) is 2.65. The number of likely N-dealkylation sites (tertiary alicyclic amines) is 1. The lowest BCUT2D eigenvalue weighted by atomic mass is 9.98. The molecule has 130 valence electrons. The first-order chi connectivity index (χ1) is 12.2. The van der Waals surface area contributed by atoms with Gasteiger partial charge in [-0.25, -0.2) is 0 Å². The largest absolute Gasteiger partial charge is 0.357 e. The van der Waals surface area contributed by atoms with Crippen LogP contribution in [0.25, 0.3) is 21.7 Å². The molecule has 3 heteroatoms. The van der Waals surface area contributed by atoms with Crippen LogP contribution in [0.3, 0.4) is 0 Å². The van der Waals surface area contributed by atoms with E-state index in [-0.39, 0.29) is 5.43 Å². The zero-order valence-corrected chi connectivity index (χ0v) is 15.2. The molecule has 0 spiro atoms. The molecule has 2 heterocycles. The fraction of sp³-hybridized carbons (Fsp3) is 0.409. The van der Waals surface area contributed by atoms with Gasteiger partial charge in [-0.15, -0.1) is 0 Å². The topological polar surface area (TPSA) is 37.3 Å². The summed E-state index contributed by atoms with van der Waals surface area (Å²) in [6.45, 7) is 6.37. The van der Waals surface area contributed by atoms with Gasteiger partial charge in [0.1, 0.15) is 6.54 Å². The maximum atomic E-state index is 13.2. The Kier molecular flexibility index (Phi) is 4.34. The van der Waals surface area contributed by atoms with Gasteiger partial charge >= 0.3 is 0 Å². The minimum atomic E-state index is 0.213. The van der Waals surface area contributed by atoms with Gasteiger partial charge in [0.25, 0.3) is 0 Å². The van der Waals surface area contributed by atoms with Crippen molar-refractivity contribution >= 4 is 21.7 Å². The normalized spacial score (nSPS) is 21.0. The lowest BCUT2D eigenvalue weighted by molar-refractivity contribution is -0.944. The number of aromatic nitrogens is 1. The van der Waals surface area contributed by atoms with Crippen LogP contribution in [0.4, 0.5) is 0 Å². The fourth-order valence-corrected chi connectivity index (χ4v) is 4.51. The molecule has 1 aliphatic heterocycles. The second-order valence-electron chi connectivity index (χ2n) is 7.45. The molecule has 0 aliphatic carbocycles. The van der Waals surface area contributed by atoms with Crippen LogP contribution in [0.2, 0.25) is 0 Å². The van der Waals surface area contributed by atoms with Gasteiger partial charge in [0, 0.05) is 16.5 Å². The summed E-state index contributed by atoms with van der Waals surface area (Å²) in [5.41, 5.74) is 3.19. The molecule has 0 amide bonds. The van der Waals surface area contributed by atoms with Gasteiger partial charge in [-0.05, 0) is 44.1 Å². The quantitative estimate of drug-likeness (QED) is 0.708. The number of piperidine rings is 1. The highest BCUT2D eigenvalue weighted by atomic mass is 16.1. The smallest absolute Gasteiger partial charge is 0.198 e. The number of fused-ring (bicyclic) bond motifs is 3. The molecule has 25 heavy (non-hydrogen) atoms. The number of nitrogens with one attached hydrogen (secondary N) is 2. The number of hydrogen-bond donors (Lipinski definition) is 2. The number of rotatable bonds is 3. The standard InChI is InChI=1S/C22H26N2O/c1-3-17-9-6-7-13-24(17)14-20-15(2)23-21-18-10-5-4-8-16(18)11-12-19(21)22(20)25/h4-5,8,10-12,17H,3,6-7,9,13-14H2,1-2H3,(H,23,25)/p+1/t17-/m0/s1. The number of aryl methyl sites for hydroxylation is 1. The highest BCUT2D eigenvalue weighted by Gasteiger charge is 2.26. The minimum absolute atomic E-state index is 0.213. The number of benzene rings is 2. The zero-order valence-electron chi connectivity index (χ0n) is 15.2. The predicted octanol–water partition coefficient (Wildman–Crippen LogP) is 3.34. The lowest BCUT2D eigenvalue weighted by Crippen LogP contribution is -3.15. The Morgan fingerprint density at radius 1 is 1.12 bits per heavy atom. The van der Waals surface area contributed by atoms with Crippen molar-refractivity contribution in [1.82, 2.24) is 4.98 Å². The SMILES string of the molecule is CC[C@H]1CCCC[NH+]1Cc1c(C)[nH]c2c(ccc3ccccc32)c1=O. The molecule has 0 bridgehead atoms. The molecular formula is C22H27N2O+. The Morgan fingerprint density at radius 3 is 2.80 bits per heavy atom. The summed E-state index contributed by atoms with van der Waals surface area (Å²) in [7, 11) is 0. The zero-order chi connectivity index (χ0) is 17.4. The van der Waals surface area contributed by atoms with E-state index >= 15 is 0 Å². The molecule has 4 rings (SSSR count). The molecule has 2 N–H and O–H groups in total. The van der Waals surface area contributed by atoms with Crippen LogP contribution in [0.15, 0.2) is 41.2 Å². The maximum absolute atomic E-state index is 13.2. The monoisotopic (exact) mass is 335 g/mol. The van der Waals surface area contributed by atoms with E-state index in [2.05, 4.69) is 37.0 Å². The minimum Gasteiger partial charge on any atom is -0.357 e. The van der Waals surface area contributed by atoms with Crippen molar-refractivity contribution in [3.8, 4) is 0 Å². The van der Waals surface area contributed by atoms with Crippen molar-refractivity contribution in [2.24, 2.45) is 0 Å². The Bertz CT molecular complexity index is 973. The van der Waals surface area contributed by atoms with Crippen molar-refractivity contribution in [1.29, 1.82) is 0 Å². The summed E-state index contributed by atoms with van der Waals surface area (Å²) in [6.07, 6.45) is 5.10. The van der Waals surface area contributed by atoms with Crippen LogP contribution in [0.1, 0.15) is 43.9 Å². The van der Waals surface area contributed by atoms with Gasteiger partial charge < -0.3 is 9.88 Å². The molecular weight excluding hydrogens is 308 g/mol. The summed E-state index contributed by atoms with van der Waals surface area (Å²) in [6, 6.07) is 13.0. The van der Waals surface area contributed by atoms with Gasteiger partial charge in [-0.3, -0.25) is 4.79 Å². The van der Waals surface area contributed by atoms with Gasteiger partial charge in [0.05, 0.1) is 23.7 Å². The average molecular weight is 335 g/mol. The molecule has 1 saturated heterocycles. The summed E-state index contributed by atoms with van der Waals surface area (Å²) in [5, 5.41) is 3.12. The fourth-order valence-electron chi connectivity index (χ4n) is 4.51. The van der Waals surface area contributed by atoms with Gasteiger partial charge in [0.15, 0.2) is 5.43 Å². The number of aromatic amines is 1. The van der Waals surface area contributed by atoms with Crippen LogP contribution in [0.5, 0.6) is 0 Å². The lowest BCUT2D eigenvalue weighted by Gasteiger charge is -2.32. The summed E-state index contributed by atoms with van der Waals surface area (Å²) in [4.78, 5) is 18.4. The third-order valence-corrected chi connectivity index (χ3v) is 5.99. The summed E-state index contributed by atoms with van der Waals surface area (Å²) >= 11 is 0. The van der Waals surface area contributed by atoms with Gasteiger partial charge in [-0.1, -0.05) is 37.3 Å². The van der Waals surface area contributed by atoms with E-state index in [0.717, 1.165) is 34.1 Å². The van der Waals surface area contributed by atoms with Crippen LogP contribution >= 0.6 is 0 Å². The molecule has 1 aromatic heterocycles. The van der Waals surface area contributed by atoms with Crippen LogP contribution in [-0.4, -0.2) is 17.6 Å². The maximum Gasteiger partial charge on any atom is 0.198 e. The molecule has 1 unspecified atom stereocenters. The Balaban J connectivity index is 1.82. The van der Waals surface area contributed by atoms with Crippen LogP contribution in [0, 0.1) is 6.92 Å². The van der Waals surface area contributed by atoms with Crippen molar-refractivity contribution < 1.29 is 4.90 Å². The molecule has 2 aromatic carbocycles. The van der Waals surface area contributed by atoms with Crippen LogP contribution in [-0.2, 0) is 6.54 Å². The Hall–Kier alpha value is -2.13. The Morgan fingerprint density at radius 2 is 1.96 bits per heavy atom. The first kappa shape index (κ1) is 16.3. The van der Waals surface area contributed by atoms with Crippen molar-refractivity contribution in [2.75, 3.05) is 6.54 Å². The third kappa shape index (κ3) is 2.87. The molecule has 0 radical (unpaired) electrons. The van der Waals surface area contributed by atoms with E-state index in [1.54, 1.807) is 4.90 Å². The number of pyridine rings is 1. The Labute approximate surface area is 148 Å². The first-order valence-electron chi connectivity index (χ1n) is 9.57. The highest BCUT2D eigenvalue weighted by molar-refractivity contribution is 6.05. The van der Waals surface area contributed by atoms with Crippen LogP contribution < -0.4 is 10.3 Å². The molecule has 1 fully saturated rings. The summed E-state index contributed by atoms with van der Waals surface area (Å²) in [5.74, 6) is 0. The van der Waals surface area contributed by atoms with E-state index in [4.69, 9.17) is 0 Å². The van der Waals surface area contributed by atoms with E-state index in [1.807, 2.05) is 18.2 Å². The summed E-state index contributed by atoms with van der Waals surface area (Å²) < 4.78 is 0. The van der Waals surface area contributed by atoms with E-state index in [9.17, 15) is 4.79 Å². The molecule has 0 saturated carbocycles. The highest BCUT2D eigenvalue weighted by Crippen LogP contribution is 2.22. The first-order valence-corrected chi connectivity index (χ1v) is 9.57. The van der Waals surface area contributed by atoms with Gasteiger partial charge in [-0.2, -0.15) is 0 Å². The van der Waals surface area contributed by atoms with E-state index < -0.39 is 0 Å². The second-order valence-corrected chi connectivity index (χ2v) is 7.45. The second kappa shape index (κ2) is 6.64. The van der Waals surface area contributed by atoms with Crippen molar-refractivity contribution in [3.63, 3.8) is 0 Å². The number of quaternary nitrogens is 1. The van der Waals surface area contributed by atoms with E-state index in [1.165, 1.54) is 37.6 Å². The number of hydrogen-bond acceptors (Lipinski definition) is 1. The molecule has 1 aliphatic rings. The molecule has 2 atom stereocenters. The third-order valence-electron chi connectivity index (χ3n) is 5.99. The van der Waals surface area contributed by atoms with Crippen molar-refractivity contribution in [3.05, 3.63) is 57.9 Å².